The quantitative estimate of drug-likeness (QED) is 0.623. The third-order valence-electron chi connectivity index (χ3n) is 3.97. The highest BCUT2D eigenvalue weighted by Gasteiger charge is 2.21. The highest BCUT2D eigenvalue weighted by Crippen LogP contribution is 2.32. The number of hydrogen-bond acceptors (Lipinski definition) is 6. The van der Waals surface area contributed by atoms with Crippen LogP contribution < -0.4 is 9.47 Å². The lowest BCUT2D eigenvalue weighted by Crippen LogP contribution is -2.14. The maximum Gasteiger partial charge on any atom is 0.212 e. The van der Waals surface area contributed by atoms with Crippen molar-refractivity contribution in [3.8, 4) is 22.9 Å². The molecule has 2 aromatic carbocycles. The normalized spacial score (nSPS) is 13.1. The molecule has 0 atom stereocenters. The van der Waals surface area contributed by atoms with Crippen molar-refractivity contribution >= 4 is 33.4 Å². The first-order valence-corrected chi connectivity index (χ1v) is 9.62. The lowest BCUT2D eigenvalue weighted by Gasteiger charge is -2.15. The summed E-state index contributed by atoms with van der Waals surface area (Å²) in [5.41, 5.74) is 2.87. The van der Waals surface area contributed by atoms with Crippen molar-refractivity contribution in [2.45, 2.75) is 5.16 Å². The maximum atomic E-state index is 5.40. The van der Waals surface area contributed by atoms with E-state index < -0.39 is 0 Å². The first kappa shape index (κ1) is 17.1. The fourth-order valence-corrected chi connectivity index (χ4v) is 3.93. The topological polar surface area (TPSA) is 61.5 Å². The second kappa shape index (κ2) is 7.13. The molecule has 1 aliphatic heterocycles. The molecule has 0 unspecified atom stereocenters. The number of nitrogens with zero attached hydrogens (tertiary/aromatic N) is 4. The van der Waals surface area contributed by atoms with Crippen molar-refractivity contribution < 1.29 is 9.47 Å². The summed E-state index contributed by atoms with van der Waals surface area (Å²) in [5, 5.41) is 14.1. The van der Waals surface area contributed by atoms with E-state index in [-0.39, 0.29) is 0 Å². The highest BCUT2D eigenvalue weighted by molar-refractivity contribution is 9.10. The van der Waals surface area contributed by atoms with Crippen LogP contribution in [0, 0.1) is 0 Å². The standard InChI is InChI=1S/C18H15BrN4O2S/c1-24-15-7-6-11(9-16(15)25-2)14-10-26-18-21-20-17(23(18)22-14)12-4-3-5-13(19)8-12/h3-9H,10H2,1-2H3. The predicted octanol–water partition coefficient (Wildman–Crippen LogP) is 4.08. The van der Waals surface area contributed by atoms with Crippen LogP contribution in [-0.4, -0.2) is 40.6 Å². The van der Waals surface area contributed by atoms with Crippen molar-refractivity contribution in [3.05, 3.63) is 52.5 Å². The Morgan fingerprint density at radius 1 is 1.00 bits per heavy atom. The molecular weight excluding hydrogens is 416 g/mol. The molecule has 0 saturated carbocycles. The number of hydrogen-bond donors (Lipinski definition) is 0. The summed E-state index contributed by atoms with van der Waals surface area (Å²) in [6, 6.07) is 13.7. The van der Waals surface area contributed by atoms with Gasteiger partial charge in [-0.25, -0.2) is 0 Å². The molecule has 1 aromatic heterocycles. The Morgan fingerprint density at radius 3 is 2.62 bits per heavy atom. The van der Waals surface area contributed by atoms with Gasteiger partial charge in [-0.2, -0.15) is 9.78 Å². The van der Waals surface area contributed by atoms with Crippen molar-refractivity contribution in [3.63, 3.8) is 0 Å². The van der Waals surface area contributed by atoms with Gasteiger partial charge in [-0.05, 0) is 30.3 Å². The number of ether oxygens (including phenoxy) is 2. The largest absolute Gasteiger partial charge is 0.493 e. The van der Waals surface area contributed by atoms with E-state index in [9.17, 15) is 0 Å². The Kier molecular flexibility index (Phi) is 4.69. The minimum Gasteiger partial charge on any atom is -0.493 e. The Bertz CT molecular complexity index is 1000. The van der Waals surface area contributed by atoms with Gasteiger partial charge in [0.25, 0.3) is 0 Å². The zero-order valence-electron chi connectivity index (χ0n) is 14.1. The Morgan fingerprint density at radius 2 is 1.85 bits per heavy atom. The third kappa shape index (κ3) is 3.10. The summed E-state index contributed by atoms with van der Waals surface area (Å²) in [4.78, 5) is 0. The first-order chi connectivity index (χ1) is 12.7. The number of thioether (sulfide) groups is 1. The summed E-state index contributed by atoms with van der Waals surface area (Å²) in [6.45, 7) is 0. The van der Waals surface area contributed by atoms with Gasteiger partial charge in [0, 0.05) is 21.4 Å². The third-order valence-corrected chi connectivity index (χ3v) is 5.39. The minimum absolute atomic E-state index is 0.680. The molecule has 26 heavy (non-hydrogen) atoms. The van der Waals surface area contributed by atoms with Crippen LogP contribution in [0.5, 0.6) is 11.5 Å². The number of aromatic nitrogens is 3. The summed E-state index contributed by atoms with van der Waals surface area (Å²) in [5.74, 6) is 2.80. The summed E-state index contributed by atoms with van der Waals surface area (Å²) >= 11 is 5.11. The van der Waals surface area contributed by atoms with Gasteiger partial charge in [0.2, 0.25) is 5.16 Å². The molecule has 0 amide bonds. The lowest BCUT2D eigenvalue weighted by atomic mass is 10.1. The van der Waals surface area contributed by atoms with Crippen LogP contribution in [0.25, 0.3) is 11.4 Å². The van der Waals surface area contributed by atoms with Crippen LogP contribution >= 0.6 is 27.7 Å². The fraction of sp³-hybridized carbons (Fsp3) is 0.167. The van der Waals surface area contributed by atoms with Gasteiger partial charge in [-0.3, -0.25) is 0 Å². The van der Waals surface area contributed by atoms with Crippen molar-refractivity contribution in [2.75, 3.05) is 20.0 Å². The van der Waals surface area contributed by atoms with E-state index in [1.165, 1.54) is 0 Å². The molecule has 132 valence electrons. The number of halogens is 1. The molecule has 6 nitrogen and oxygen atoms in total. The zero-order chi connectivity index (χ0) is 18.1. The molecule has 0 saturated heterocycles. The van der Waals surface area contributed by atoms with E-state index in [0.717, 1.165) is 26.5 Å². The van der Waals surface area contributed by atoms with E-state index in [2.05, 4.69) is 26.1 Å². The molecule has 0 fully saturated rings. The van der Waals surface area contributed by atoms with E-state index in [4.69, 9.17) is 14.6 Å². The first-order valence-electron chi connectivity index (χ1n) is 7.84. The highest BCUT2D eigenvalue weighted by atomic mass is 79.9. The van der Waals surface area contributed by atoms with Gasteiger partial charge in [-0.15, -0.1) is 10.2 Å². The smallest absolute Gasteiger partial charge is 0.212 e. The molecule has 0 aliphatic carbocycles. The lowest BCUT2D eigenvalue weighted by molar-refractivity contribution is 0.355. The molecule has 4 rings (SSSR count). The van der Waals surface area contributed by atoms with Gasteiger partial charge in [-0.1, -0.05) is 39.8 Å². The number of benzene rings is 2. The monoisotopic (exact) mass is 430 g/mol. The molecule has 1 aliphatic rings. The average molecular weight is 431 g/mol. The van der Waals surface area contributed by atoms with E-state index in [1.54, 1.807) is 30.7 Å². The average Bonchev–Trinajstić information content (AvgIpc) is 3.10. The van der Waals surface area contributed by atoms with Crippen molar-refractivity contribution in [1.29, 1.82) is 0 Å². The maximum absolute atomic E-state index is 5.40. The van der Waals surface area contributed by atoms with Gasteiger partial charge < -0.3 is 9.47 Å². The minimum atomic E-state index is 0.680. The summed E-state index contributed by atoms with van der Waals surface area (Å²) in [7, 11) is 3.25. The van der Waals surface area contributed by atoms with Crippen LogP contribution in [0.15, 0.2) is 57.2 Å². The molecule has 0 bridgehead atoms. The van der Waals surface area contributed by atoms with Gasteiger partial charge >= 0.3 is 0 Å². The number of rotatable bonds is 4. The second-order valence-corrected chi connectivity index (χ2v) is 7.39. The van der Waals surface area contributed by atoms with Crippen molar-refractivity contribution in [2.24, 2.45) is 5.10 Å². The van der Waals surface area contributed by atoms with E-state index in [0.29, 0.717) is 23.1 Å². The van der Waals surface area contributed by atoms with Crippen LogP contribution in [-0.2, 0) is 0 Å². The molecule has 0 spiro atoms. The second-order valence-electron chi connectivity index (χ2n) is 5.53. The van der Waals surface area contributed by atoms with Gasteiger partial charge in [0.1, 0.15) is 0 Å². The van der Waals surface area contributed by atoms with Gasteiger partial charge in [0.05, 0.1) is 19.9 Å². The molecule has 0 N–H and O–H groups in total. The Labute approximate surface area is 163 Å². The fourth-order valence-electron chi connectivity index (χ4n) is 2.69. The Balaban J connectivity index is 1.77. The number of fused-ring (bicyclic) bond motifs is 1. The molecule has 2 heterocycles. The summed E-state index contributed by atoms with van der Waals surface area (Å²) in [6.07, 6.45) is 0. The van der Waals surface area contributed by atoms with Crippen LogP contribution in [0.3, 0.4) is 0 Å². The van der Waals surface area contributed by atoms with Gasteiger partial charge in [0.15, 0.2) is 17.3 Å². The van der Waals surface area contributed by atoms with Crippen molar-refractivity contribution in [1.82, 2.24) is 14.9 Å². The van der Waals surface area contributed by atoms with Crippen LogP contribution in [0.1, 0.15) is 5.56 Å². The van der Waals surface area contributed by atoms with Crippen LogP contribution in [0.4, 0.5) is 0 Å². The predicted molar refractivity (Wildman–Crippen MR) is 105 cm³/mol. The molecule has 0 radical (unpaired) electrons. The molecular formula is C18H15BrN4O2S. The van der Waals surface area contributed by atoms with Crippen LogP contribution in [0.2, 0.25) is 0 Å². The Hall–Kier alpha value is -2.32. The SMILES string of the molecule is COc1ccc(C2=Nn3c(nnc3-c3cccc(Br)c3)SC2)cc1OC. The summed E-state index contributed by atoms with van der Waals surface area (Å²) < 4.78 is 13.5. The zero-order valence-corrected chi connectivity index (χ0v) is 16.5. The molecule has 3 aromatic rings. The van der Waals surface area contributed by atoms with E-state index >= 15 is 0 Å². The molecule has 8 heteroatoms. The number of methoxy groups -OCH3 is 2. The van der Waals surface area contributed by atoms with E-state index in [1.807, 2.05) is 42.5 Å².